The van der Waals surface area contributed by atoms with Gasteiger partial charge >= 0.3 is 5.97 Å². The maximum absolute atomic E-state index is 13.2. The molecule has 0 aliphatic carbocycles. The molecule has 0 aliphatic heterocycles. The molecular formula is C19H13FN2O5. The van der Waals surface area contributed by atoms with Crippen LogP contribution in [0.1, 0.15) is 16.2 Å². The van der Waals surface area contributed by atoms with Crippen LogP contribution in [0, 0.1) is 12.7 Å². The minimum atomic E-state index is -1.17. The van der Waals surface area contributed by atoms with Gasteiger partial charge in [0.15, 0.2) is 0 Å². The number of benzene rings is 2. The quantitative estimate of drug-likeness (QED) is 0.573. The molecule has 136 valence electrons. The number of carbonyl (C=O) groups is 1. The fraction of sp³-hybridized carbons (Fsp3) is 0.105. The van der Waals surface area contributed by atoms with E-state index in [9.17, 15) is 14.3 Å². The molecule has 2 aromatic heterocycles. The largest absolute Gasteiger partial charge is 0.496 e. The number of carboxylic acids is 1. The Hall–Kier alpha value is -3.68. The van der Waals surface area contributed by atoms with Crippen LogP contribution in [0.4, 0.5) is 4.39 Å². The Morgan fingerprint density at radius 3 is 2.56 bits per heavy atom. The first kappa shape index (κ1) is 16.8. The van der Waals surface area contributed by atoms with Crippen molar-refractivity contribution in [3.8, 4) is 28.5 Å². The number of rotatable bonds is 4. The highest BCUT2D eigenvalue weighted by Gasteiger charge is 2.24. The van der Waals surface area contributed by atoms with E-state index in [1.807, 2.05) is 0 Å². The molecule has 8 heteroatoms. The van der Waals surface area contributed by atoms with E-state index in [0.29, 0.717) is 39.6 Å². The molecule has 27 heavy (non-hydrogen) atoms. The molecule has 0 atom stereocenters. The minimum Gasteiger partial charge on any atom is -0.496 e. The van der Waals surface area contributed by atoms with Crippen molar-refractivity contribution in [2.45, 2.75) is 6.92 Å². The van der Waals surface area contributed by atoms with E-state index in [1.165, 1.54) is 31.4 Å². The van der Waals surface area contributed by atoms with Gasteiger partial charge in [-0.25, -0.2) is 9.18 Å². The molecule has 2 heterocycles. The molecule has 0 amide bonds. The highest BCUT2D eigenvalue weighted by molar-refractivity contribution is 6.09. The van der Waals surface area contributed by atoms with Crippen LogP contribution in [0.2, 0.25) is 0 Å². The van der Waals surface area contributed by atoms with E-state index in [-0.39, 0.29) is 11.3 Å². The van der Waals surface area contributed by atoms with Gasteiger partial charge in [-0.2, -0.15) is 4.98 Å². The second-order valence-corrected chi connectivity index (χ2v) is 5.80. The van der Waals surface area contributed by atoms with E-state index in [4.69, 9.17) is 13.7 Å². The Kier molecular flexibility index (Phi) is 3.88. The van der Waals surface area contributed by atoms with E-state index in [0.717, 1.165) is 0 Å². The van der Waals surface area contributed by atoms with Crippen LogP contribution < -0.4 is 4.74 Å². The third-order valence-corrected chi connectivity index (χ3v) is 4.10. The fourth-order valence-electron chi connectivity index (χ4n) is 2.89. The van der Waals surface area contributed by atoms with Crippen molar-refractivity contribution >= 4 is 16.9 Å². The number of furan rings is 1. The van der Waals surface area contributed by atoms with E-state index in [1.54, 1.807) is 19.1 Å². The maximum Gasteiger partial charge on any atom is 0.340 e. The number of hydrogen-bond acceptors (Lipinski definition) is 6. The van der Waals surface area contributed by atoms with Crippen molar-refractivity contribution in [1.82, 2.24) is 10.1 Å². The molecule has 4 rings (SSSR count). The summed E-state index contributed by atoms with van der Waals surface area (Å²) in [7, 11) is 1.46. The molecule has 2 aromatic carbocycles. The van der Waals surface area contributed by atoms with Gasteiger partial charge in [0.1, 0.15) is 28.5 Å². The van der Waals surface area contributed by atoms with Crippen LogP contribution in [0.5, 0.6) is 5.75 Å². The van der Waals surface area contributed by atoms with Crippen LogP contribution in [0.25, 0.3) is 33.7 Å². The second-order valence-electron chi connectivity index (χ2n) is 5.80. The van der Waals surface area contributed by atoms with Crippen LogP contribution in [0.3, 0.4) is 0 Å². The normalized spacial score (nSPS) is 11.1. The first-order valence-corrected chi connectivity index (χ1v) is 7.92. The molecule has 7 nitrogen and oxygen atoms in total. The number of carboxylic acid groups (broad SMARTS) is 1. The van der Waals surface area contributed by atoms with Crippen LogP contribution in [-0.4, -0.2) is 28.3 Å². The van der Waals surface area contributed by atoms with E-state index < -0.39 is 11.8 Å². The molecule has 0 unspecified atom stereocenters. The van der Waals surface area contributed by atoms with Crippen molar-refractivity contribution in [1.29, 1.82) is 0 Å². The van der Waals surface area contributed by atoms with Gasteiger partial charge in [-0.05, 0) is 36.4 Å². The monoisotopic (exact) mass is 368 g/mol. The Bertz CT molecular complexity index is 1160. The summed E-state index contributed by atoms with van der Waals surface area (Å²) in [5, 5.41) is 13.9. The fourth-order valence-corrected chi connectivity index (χ4v) is 2.89. The molecule has 0 spiro atoms. The van der Waals surface area contributed by atoms with Crippen molar-refractivity contribution < 1.29 is 28.0 Å². The molecule has 0 fully saturated rings. The molecule has 4 aromatic rings. The van der Waals surface area contributed by atoms with Crippen molar-refractivity contribution in [3.63, 3.8) is 0 Å². The Morgan fingerprint density at radius 2 is 1.96 bits per heavy atom. The summed E-state index contributed by atoms with van der Waals surface area (Å²) in [5.74, 6) is -0.424. The Morgan fingerprint density at radius 1 is 1.22 bits per heavy atom. The standard InChI is InChI=1S/C19H13FN2O5/c1-9-21-18(22-27-9)13-8-15-12(7-14(13)25-2)16(19(23)24)17(26-15)10-3-5-11(20)6-4-10/h3-8H,1-2H3,(H,23,24). The second kappa shape index (κ2) is 6.24. The van der Waals surface area contributed by atoms with Gasteiger partial charge in [-0.15, -0.1) is 0 Å². The summed E-state index contributed by atoms with van der Waals surface area (Å²) in [6.45, 7) is 1.66. The third kappa shape index (κ3) is 2.80. The first-order chi connectivity index (χ1) is 13.0. The van der Waals surface area contributed by atoms with Gasteiger partial charge in [-0.1, -0.05) is 5.16 Å². The third-order valence-electron chi connectivity index (χ3n) is 4.10. The predicted octanol–water partition coefficient (Wildman–Crippen LogP) is 4.30. The zero-order chi connectivity index (χ0) is 19.1. The van der Waals surface area contributed by atoms with Gasteiger partial charge in [0.05, 0.1) is 12.7 Å². The lowest BCUT2D eigenvalue weighted by Crippen LogP contribution is -1.98. The number of ether oxygens (including phenoxy) is 1. The lowest BCUT2D eigenvalue weighted by atomic mass is 10.0. The zero-order valence-corrected chi connectivity index (χ0v) is 14.3. The number of aromatic nitrogens is 2. The Balaban J connectivity index is 1.99. The average Bonchev–Trinajstić information content (AvgIpc) is 3.24. The predicted molar refractivity (Wildman–Crippen MR) is 93.1 cm³/mol. The number of aromatic carboxylic acids is 1. The van der Waals surface area contributed by atoms with Gasteiger partial charge in [0.25, 0.3) is 0 Å². The van der Waals surface area contributed by atoms with Crippen LogP contribution >= 0.6 is 0 Å². The molecular weight excluding hydrogens is 355 g/mol. The molecule has 0 bridgehead atoms. The number of methoxy groups -OCH3 is 1. The zero-order valence-electron chi connectivity index (χ0n) is 14.3. The first-order valence-electron chi connectivity index (χ1n) is 7.92. The van der Waals surface area contributed by atoms with E-state index in [2.05, 4.69) is 10.1 Å². The van der Waals surface area contributed by atoms with Gasteiger partial charge in [0.2, 0.25) is 11.7 Å². The van der Waals surface area contributed by atoms with Crippen molar-refractivity contribution in [3.05, 3.63) is 53.7 Å². The number of fused-ring (bicyclic) bond motifs is 1. The Labute approximate surface area is 152 Å². The van der Waals surface area contributed by atoms with Crippen molar-refractivity contribution in [2.75, 3.05) is 7.11 Å². The maximum atomic E-state index is 13.2. The lowest BCUT2D eigenvalue weighted by Gasteiger charge is -2.05. The summed E-state index contributed by atoms with van der Waals surface area (Å²) >= 11 is 0. The highest BCUT2D eigenvalue weighted by atomic mass is 19.1. The summed E-state index contributed by atoms with van der Waals surface area (Å²) in [5.41, 5.74) is 1.22. The molecule has 0 saturated carbocycles. The topological polar surface area (TPSA) is 98.6 Å². The number of hydrogen-bond donors (Lipinski definition) is 1. The van der Waals surface area contributed by atoms with E-state index >= 15 is 0 Å². The highest BCUT2D eigenvalue weighted by Crippen LogP contribution is 2.39. The molecule has 0 radical (unpaired) electrons. The van der Waals surface area contributed by atoms with Gasteiger partial charge < -0.3 is 18.8 Å². The SMILES string of the molecule is COc1cc2c(C(=O)O)c(-c3ccc(F)cc3)oc2cc1-c1noc(C)n1. The summed E-state index contributed by atoms with van der Waals surface area (Å²) in [6, 6.07) is 8.54. The number of halogens is 1. The minimum absolute atomic E-state index is 0.0363. The lowest BCUT2D eigenvalue weighted by molar-refractivity contribution is 0.0699. The van der Waals surface area contributed by atoms with Crippen molar-refractivity contribution in [2.24, 2.45) is 0 Å². The molecule has 1 N–H and O–H groups in total. The number of aryl methyl sites for hydroxylation is 1. The smallest absolute Gasteiger partial charge is 0.340 e. The van der Waals surface area contributed by atoms with Crippen LogP contribution in [-0.2, 0) is 0 Å². The van der Waals surface area contributed by atoms with Gasteiger partial charge in [-0.3, -0.25) is 0 Å². The summed E-state index contributed by atoms with van der Waals surface area (Å²) in [6.07, 6.45) is 0. The summed E-state index contributed by atoms with van der Waals surface area (Å²) < 4.78 is 29.4. The number of nitrogens with zero attached hydrogens (tertiary/aromatic N) is 2. The summed E-state index contributed by atoms with van der Waals surface area (Å²) in [4.78, 5) is 16.1. The molecule has 0 saturated heterocycles. The van der Waals surface area contributed by atoms with Gasteiger partial charge in [0, 0.05) is 17.9 Å². The average molecular weight is 368 g/mol. The molecule has 0 aliphatic rings. The van der Waals surface area contributed by atoms with Crippen LogP contribution in [0.15, 0.2) is 45.3 Å².